The van der Waals surface area contributed by atoms with Gasteiger partial charge in [-0.25, -0.2) is 13.6 Å². The number of halogens is 2. The zero-order chi connectivity index (χ0) is 56.4. The molecule has 2 heterocycles. The van der Waals surface area contributed by atoms with Crippen molar-refractivity contribution in [2.75, 3.05) is 39.3 Å². The molecule has 3 aromatic carbocycles. The van der Waals surface area contributed by atoms with E-state index < -0.39 is 133 Å². The lowest BCUT2D eigenvalue weighted by atomic mass is 9.82. The maximum atomic E-state index is 15.4. The quantitative estimate of drug-likeness (QED) is 0.0325. The molecule has 410 valence electrons. The van der Waals surface area contributed by atoms with E-state index in [1.54, 1.807) is 67.9 Å². The van der Waals surface area contributed by atoms with Crippen LogP contribution in [0.5, 0.6) is 0 Å². The molecule has 1 aliphatic rings. The SMILES string of the molecule is C[C@H](NC(=O)OCc1ccccc1)C(=O)NCC(=O)N[C@@H](CC(N)=O)C(=O)N[C@@H](CCN(C(=O)CO)[C@@H](c1cc(-c2cc(F)ccc2F)cn1Cc1ccccc1)C(C)(C)C)C(=O)NCCNC(=O)CN1C(=O)C=CC1=O. The molecule has 0 unspecified atom stereocenters. The molecule has 0 bridgehead atoms. The highest BCUT2D eigenvalue weighted by atomic mass is 19.1. The van der Waals surface area contributed by atoms with Crippen LogP contribution in [0.1, 0.15) is 63.4 Å². The van der Waals surface area contributed by atoms with Gasteiger partial charge in [-0.1, -0.05) is 81.4 Å². The summed E-state index contributed by atoms with van der Waals surface area (Å²) in [4.78, 5) is 131. The molecule has 0 fully saturated rings. The van der Waals surface area contributed by atoms with Gasteiger partial charge in [0.1, 0.15) is 49.5 Å². The first-order chi connectivity index (χ1) is 36.5. The molecule has 24 heteroatoms. The number of amides is 10. The van der Waals surface area contributed by atoms with E-state index in [0.717, 1.165) is 35.9 Å². The number of imide groups is 1. The zero-order valence-electron chi connectivity index (χ0n) is 42.8. The molecule has 0 saturated carbocycles. The van der Waals surface area contributed by atoms with E-state index in [4.69, 9.17) is 10.5 Å². The van der Waals surface area contributed by atoms with Crippen molar-refractivity contribution in [1.29, 1.82) is 0 Å². The summed E-state index contributed by atoms with van der Waals surface area (Å²) in [5, 5.41) is 24.9. The van der Waals surface area contributed by atoms with Crippen LogP contribution >= 0.6 is 0 Å². The van der Waals surface area contributed by atoms with Gasteiger partial charge in [-0.3, -0.25) is 48.1 Å². The summed E-state index contributed by atoms with van der Waals surface area (Å²) in [7, 11) is 0. The van der Waals surface area contributed by atoms with Gasteiger partial charge >= 0.3 is 6.09 Å². The predicted molar refractivity (Wildman–Crippen MR) is 273 cm³/mol. The fourth-order valence-corrected chi connectivity index (χ4v) is 8.19. The smallest absolute Gasteiger partial charge is 0.408 e. The summed E-state index contributed by atoms with van der Waals surface area (Å²) in [6.07, 6.45) is 1.48. The topological polar surface area (TPSA) is 310 Å². The number of rotatable bonds is 26. The zero-order valence-corrected chi connectivity index (χ0v) is 42.8. The maximum absolute atomic E-state index is 15.4. The molecule has 1 aliphatic heterocycles. The summed E-state index contributed by atoms with van der Waals surface area (Å²) < 4.78 is 36.9. The Morgan fingerprint density at radius 3 is 2.01 bits per heavy atom. The highest BCUT2D eigenvalue weighted by Crippen LogP contribution is 2.41. The number of aliphatic hydroxyl groups is 1. The molecule has 77 heavy (non-hydrogen) atoms. The van der Waals surface area contributed by atoms with Crippen LogP contribution in [-0.2, 0) is 61.0 Å². The number of benzene rings is 3. The molecular formula is C53H62F2N10O12. The van der Waals surface area contributed by atoms with Crippen LogP contribution in [-0.4, -0.2) is 136 Å². The number of hydrogen-bond acceptors (Lipinski definition) is 12. The Morgan fingerprint density at radius 1 is 0.753 bits per heavy atom. The number of nitrogens with zero attached hydrogens (tertiary/aromatic N) is 3. The number of aliphatic hydroxyl groups excluding tert-OH is 1. The number of ether oxygens (including phenoxy) is 1. The Hall–Kier alpha value is -8.80. The minimum absolute atomic E-state index is 0.0697. The number of alkyl carbamates (subject to hydrolysis) is 1. The predicted octanol–water partition coefficient (Wildman–Crippen LogP) is 1.21. The Morgan fingerprint density at radius 2 is 1.39 bits per heavy atom. The van der Waals surface area contributed by atoms with Crippen LogP contribution in [0, 0.1) is 17.0 Å². The van der Waals surface area contributed by atoms with Crippen molar-refractivity contribution < 1.29 is 66.6 Å². The minimum atomic E-state index is -1.75. The summed E-state index contributed by atoms with van der Waals surface area (Å²) >= 11 is 0. The van der Waals surface area contributed by atoms with Gasteiger partial charge < -0.3 is 56.9 Å². The normalized spacial score (nSPS) is 13.6. The van der Waals surface area contributed by atoms with Crippen LogP contribution in [0.4, 0.5) is 13.6 Å². The van der Waals surface area contributed by atoms with Crippen LogP contribution in [0.3, 0.4) is 0 Å². The number of carbonyl (C=O) groups is 10. The standard InChI is InChI=1S/C53H62F2N10O12/c1-32(60-52(76)77-31-34-13-9-6-10-14-34)49(73)59-26-43(68)61-40(25-42(56)67)51(75)62-39(50(74)58-21-20-57-44(69)29-65-45(70)17-18-46(65)71)19-22-64(47(72)30-66)48(53(2,3)4)41-23-35(37-24-36(54)15-16-38(37)55)28-63(41)27-33-11-7-5-8-12-33/h5-18,23-24,28,32,39-40,48,66H,19-22,25-27,29-31H2,1-4H3,(H2,56,67)(H,57,69)(H,58,74)(H,59,73)(H,60,76)(H,61,68)(H,62,75)/t32-,39-,40-,48-/m0/s1. The van der Waals surface area contributed by atoms with Crippen molar-refractivity contribution in [3.05, 3.63) is 132 Å². The molecule has 0 radical (unpaired) electrons. The fraction of sp³-hybridized carbons (Fsp3) is 0.358. The van der Waals surface area contributed by atoms with Crippen molar-refractivity contribution in [2.45, 2.75) is 77.9 Å². The van der Waals surface area contributed by atoms with E-state index in [9.17, 15) is 57.4 Å². The third kappa shape index (κ3) is 17.7. The van der Waals surface area contributed by atoms with Crippen LogP contribution in [0.2, 0.25) is 0 Å². The number of primary amides is 1. The van der Waals surface area contributed by atoms with E-state index >= 15 is 4.39 Å². The highest BCUT2D eigenvalue weighted by Gasteiger charge is 2.38. The molecule has 0 saturated heterocycles. The Kier molecular flexibility index (Phi) is 21.2. The lowest BCUT2D eigenvalue weighted by Gasteiger charge is -2.41. The second-order valence-electron chi connectivity index (χ2n) is 18.9. The van der Waals surface area contributed by atoms with Crippen molar-refractivity contribution in [3.63, 3.8) is 0 Å². The molecule has 0 aliphatic carbocycles. The van der Waals surface area contributed by atoms with E-state index in [2.05, 4.69) is 31.9 Å². The minimum Gasteiger partial charge on any atom is -0.445 e. The first-order valence-electron chi connectivity index (χ1n) is 24.3. The maximum Gasteiger partial charge on any atom is 0.408 e. The molecule has 0 spiro atoms. The van der Waals surface area contributed by atoms with Gasteiger partial charge in [-0.15, -0.1) is 0 Å². The van der Waals surface area contributed by atoms with Gasteiger partial charge in [-0.2, -0.15) is 0 Å². The first kappa shape index (κ1) is 59.1. The van der Waals surface area contributed by atoms with E-state index in [0.29, 0.717) is 16.2 Å². The fourth-order valence-electron chi connectivity index (χ4n) is 8.19. The van der Waals surface area contributed by atoms with Crippen molar-refractivity contribution >= 4 is 59.3 Å². The number of aromatic nitrogens is 1. The summed E-state index contributed by atoms with van der Waals surface area (Å²) in [6.45, 7) is 3.52. The van der Waals surface area contributed by atoms with Crippen LogP contribution in [0.25, 0.3) is 11.1 Å². The van der Waals surface area contributed by atoms with Gasteiger partial charge in [0.05, 0.1) is 19.0 Å². The number of hydrogen-bond donors (Lipinski definition) is 8. The third-order valence-corrected chi connectivity index (χ3v) is 11.9. The average molecular weight is 1070 g/mol. The largest absolute Gasteiger partial charge is 0.445 e. The molecular weight excluding hydrogens is 1010 g/mol. The summed E-state index contributed by atoms with van der Waals surface area (Å²) in [6, 6.07) is 16.9. The Labute approximate surface area is 442 Å². The van der Waals surface area contributed by atoms with Gasteiger partial charge in [0.25, 0.3) is 11.8 Å². The van der Waals surface area contributed by atoms with Crippen LogP contribution < -0.4 is 37.6 Å². The monoisotopic (exact) mass is 1070 g/mol. The third-order valence-electron chi connectivity index (χ3n) is 11.9. The number of nitrogens with two attached hydrogens (primary N) is 1. The lowest BCUT2D eigenvalue weighted by Crippen LogP contribution is -2.57. The molecule has 4 aromatic rings. The first-order valence-corrected chi connectivity index (χ1v) is 24.3. The van der Waals surface area contributed by atoms with Gasteiger partial charge in [0.2, 0.25) is 41.4 Å². The van der Waals surface area contributed by atoms with Gasteiger partial charge in [0.15, 0.2) is 0 Å². The molecule has 4 atom stereocenters. The van der Waals surface area contributed by atoms with E-state index in [-0.39, 0.29) is 43.9 Å². The molecule has 1 aromatic heterocycles. The summed E-state index contributed by atoms with van der Waals surface area (Å²) in [5.41, 5.74) is 6.67. The van der Waals surface area contributed by atoms with Gasteiger partial charge in [0, 0.05) is 61.3 Å². The second-order valence-corrected chi connectivity index (χ2v) is 18.9. The molecule has 5 rings (SSSR count). The molecule has 9 N–H and O–H groups in total. The van der Waals surface area contributed by atoms with Crippen molar-refractivity contribution in [2.24, 2.45) is 11.1 Å². The van der Waals surface area contributed by atoms with Crippen molar-refractivity contribution in [3.8, 4) is 11.1 Å². The van der Waals surface area contributed by atoms with Crippen molar-refractivity contribution in [1.82, 2.24) is 46.3 Å². The number of nitrogens with one attached hydrogen (secondary N) is 6. The second kappa shape index (κ2) is 27.7. The highest BCUT2D eigenvalue weighted by molar-refractivity contribution is 6.14. The lowest BCUT2D eigenvalue weighted by molar-refractivity contribution is -0.141. The Balaban J connectivity index is 1.38. The van der Waals surface area contributed by atoms with Crippen LogP contribution in [0.15, 0.2) is 103 Å². The molecule has 10 amide bonds. The summed E-state index contributed by atoms with van der Waals surface area (Å²) in [5.74, 6) is -9.28. The number of carbonyl (C=O) groups excluding carboxylic acids is 10. The average Bonchev–Trinajstić information content (AvgIpc) is 3.96. The van der Waals surface area contributed by atoms with E-state index in [1.807, 2.05) is 30.3 Å². The molecule has 22 nitrogen and oxygen atoms in total. The van der Waals surface area contributed by atoms with Gasteiger partial charge in [-0.05, 0) is 54.2 Å². The Bertz CT molecular complexity index is 2820. The van der Waals surface area contributed by atoms with E-state index in [1.165, 1.54) is 11.8 Å².